The summed E-state index contributed by atoms with van der Waals surface area (Å²) in [6.07, 6.45) is 14.2. The second-order valence-corrected chi connectivity index (χ2v) is 11.2. The molecule has 3 nitrogen and oxygen atoms in total. The van der Waals surface area contributed by atoms with Gasteiger partial charge in [0.2, 0.25) is 0 Å². The van der Waals surface area contributed by atoms with Crippen molar-refractivity contribution in [2.24, 2.45) is 17.8 Å². The van der Waals surface area contributed by atoms with E-state index in [0.29, 0.717) is 29.8 Å². The average molecular weight is 515 g/mol. The minimum absolute atomic E-state index is 0.0470. The summed E-state index contributed by atoms with van der Waals surface area (Å²) < 4.78 is 5.34. The smallest absolute Gasteiger partial charge is 0.160 e. The topological polar surface area (TPSA) is 46.5 Å². The first-order valence-electron chi connectivity index (χ1n) is 14.2. The molecule has 0 radical (unpaired) electrons. The summed E-state index contributed by atoms with van der Waals surface area (Å²) in [5.41, 5.74) is 6.57. The molecular weight excluding hydrogens is 468 g/mol. The van der Waals surface area contributed by atoms with Gasteiger partial charge in [0.25, 0.3) is 0 Å². The van der Waals surface area contributed by atoms with E-state index in [-0.39, 0.29) is 11.7 Å². The number of hydrogen-bond donors (Lipinski definition) is 1. The quantitative estimate of drug-likeness (QED) is 0.272. The first kappa shape index (κ1) is 29.5. The Bertz CT molecular complexity index is 1140. The van der Waals surface area contributed by atoms with Gasteiger partial charge in [-0.15, -0.1) is 0 Å². The van der Waals surface area contributed by atoms with E-state index in [1.165, 1.54) is 22.3 Å². The number of hydrogen-bond acceptors (Lipinski definition) is 3. The van der Waals surface area contributed by atoms with Crippen molar-refractivity contribution in [3.05, 3.63) is 94.6 Å². The molecule has 0 saturated heterocycles. The maximum Gasteiger partial charge on any atom is 0.160 e. The number of aryl methyl sites for hydroxylation is 2. The number of benzene rings is 2. The summed E-state index contributed by atoms with van der Waals surface area (Å²) in [5, 5.41) is 10.0. The highest BCUT2D eigenvalue weighted by Crippen LogP contribution is 2.41. The van der Waals surface area contributed by atoms with Crippen LogP contribution in [-0.4, -0.2) is 18.0 Å². The number of allylic oxidation sites excluding steroid dienone is 6. The van der Waals surface area contributed by atoms with E-state index < -0.39 is 0 Å². The minimum atomic E-state index is 0.0470. The van der Waals surface area contributed by atoms with Crippen LogP contribution < -0.4 is 4.74 Å². The molecule has 1 aliphatic carbocycles. The van der Waals surface area contributed by atoms with Crippen LogP contribution in [-0.2, 0) is 17.6 Å². The molecule has 3 unspecified atom stereocenters. The van der Waals surface area contributed by atoms with Gasteiger partial charge in [-0.2, -0.15) is 0 Å². The highest BCUT2D eigenvalue weighted by atomic mass is 16.5. The van der Waals surface area contributed by atoms with Crippen LogP contribution in [0.1, 0.15) is 77.3 Å². The maximum atomic E-state index is 13.6. The van der Waals surface area contributed by atoms with Crippen molar-refractivity contribution in [1.29, 1.82) is 0 Å². The van der Waals surface area contributed by atoms with E-state index in [1.807, 2.05) is 30.3 Å². The lowest BCUT2D eigenvalue weighted by atomic mass is 9.66. The Balaban J connectivity index is 1.78. The van der Waals surface area contributed by atoms with Crippen molar-refractivity contribution in [2.75, 3.05) is 7.11 Å². The number of methoxy groups -OCH3 is 1. The van der Waals surface area contributed by atoms with Crippen LogP contribution >= 0.6 is 0 Å². The van der Waals surface area contributed by atoms with E-state index in [0.717, 1.165) is 50.5 Å². The van der Waals surface area contributed by atoms with Crippen molar-refractivity contribution in [1.82, 2.24) is 0 Å². The number of Topliss-reactive ketones (excluding diaryl/α,β-unsaturated/α-hetero) is 1. The molecule has 0 saturated carbocycles. The van der Waals surface area contributed by atoms with Gasteiger partial charge in [-0.3, -0.25) is 4.79 Å². The van der Waals surface area contributed by atoms with Gasteiger partial charge >= 0.3 is 0 Å². The Morgan fingerprint density at radius 1 is 1.00 bits per heavy atom. The Morgan fingerprint density at radius 2 is 1.76 bits per heavy atom. The number of ether oxygens (including phenoxy) is 1. The van der Waals surface area contributed by atoms with E-state index in [4.69, 9.17) is 4.74 Å². The van der Waals surface area contributed by atoms with Crippen LogP contribution in [0.25, 0.3) is 0 Å². The fraction of sp³-hybridized carbons (Fsp3) is 0.457. The predicted molar refractivity (Wildman–Crippen MR) is 159 cm³/mol. The molecule has 2 aromatic rings. The van der Waals surface area contributed by atoms with Gasteiger partial charge in [-0.05, 0) is 108 Å². The van der Waals surface area contributed by atoms with Crippen LogP contribution in [0.5, 0.6) is 11.5 Å². The third kappa shape index (κ3) is 8.75. The first-order valence-corrected chi connectivity index (χ1v) is 14.2. The van der Waals surface area contributed by atoms with E-state index in [2.05, 4.69) is 58.1 Å². The number of carbonyl (C=O) groups is 1. The number of ketones is 1. The molecule has 1 N–H and O–H groups in total. The molecule has 3 heteroatoms. The van der Waals surface area contributed by atoms with Gasteiger partial charge in [-0.1, -0.05) is 71.3 Å². The molecule has 3 rings (SSSR count). The van der Waals surface area contributed by atoms with Crippen molar-refractivity contribution in [3.63, 3.8) is 0 Å². The van der Waals surface area contributed by atoms with Crippen molar-refractivity contribution in [2.45, 2.75) is 79.1 Å². The predicted octanol–water partition coefficient (Wildman–Crippen LogP) is 8.82. The standard InChI is InChI=1S/C35H46O3/c1-25(2)10-9-11-26(3)14-19-30-27(4)15-20-32(33(36)22-17-28-12-7-6-8-13-28)31(30)21-16-29-18-23-34(37)35(24-29)38-5/h6-8,10,12-15,18,23-24,30-32,37H,9,11,16-17,19-22H2,1-5H3/b26-14+. The highest BCUT2D eigenvalue weighted by Gasteiger charge is 2.36. The van der Waals surface area contributed by atoms with Gasteiger partial charge in [0.1, 0.15) is 5.78 Å². The number of phenolic OH excluding ortho intramolecular Hbond substituents is 1. The molecule has 1 aliphatic rings. The molecule has 2 aromatic carbocycles. The SMILES string of the molecule is COc1cc(CCC2C(C(=O)CCc3ccccc3)CC=C(C)C2C/C=C(\C)CCC=C(C)C)ccc1O. The Hall–Kier alpha value is -3.07. The number of rotatable bonds is 13. The lowest BCUT2D eigenvalue weighted by molar-refractivity contribution is -0.125. The van der Waals surface area contributed by atoms with E-state index in [9.17, 15) is 9.90 Å². The molecule has 3 atom stereocenters. The van der Waals surface area contributed by atoms with Crippen LogP contribution in [0.15, 0.2) is 83.5 Å². The van der Waals surface area contributed by atoms with Gasteiger partial charge in [0.05, 0.1) is 7.11 Å². The summed E-state index contributed by atoms with van der Waals surface area (Å²) in [6.45, 7) is 8.79. The van der Waals surface area contributed by atoms with Crippen LogP contribution in [0, 0.1) is 17.8 Å². The van der Waals surface area contributed by atoms with Gasteiger partial charge in [0.15, 0.2) is 11.5 Å². The summed E-state index contributed by atoms with van der Waals surface area (Å²) >= 11 is 0. The fourth-order valence-electron chi connectivity index (χ4n) is 5.72. The maximum absolute atomic E-state index is 13.6. The molecule has 0 aromatic heterocycles. The van der Waals surface area contributed by atoms with Crippen molar-refractivity contribution >= 4 is 5.78 Å². The molecule has 0 fully saturated rings. The summed E-state index contributed by atoms with van der Waals surface area (Å²) in [7, 11) is 1.58. The van der Waals surface area contributed by atoms with Gasteiger partial charge < -0.3 is 9.84 Å². The highest BCUT2D eigenvalue weighted by molar-refractivity contribution is 5.82. The normalized spacial score (nSPS) is 19.6. The molecule has 0 bridgehead atoms. The summed E-state index contributed by atoms with van der Waals surface area (Å²) in [6, 6.07) is 15.9. The third-order valence-corrected chi connectivity index (χ3v) is 8.05. The second kappa shape index (κ2) is 14.8. The lowest BCUT2D eigenvalue weighted by Crippen LogP contribution is -2.33. The number of aromatic hydroxyl groups is 1. The van der Waals surface area contributed by atoms with E-state index >= 15 is 0 Å². The Labute approximate surface area is 230 Å². The molecular formula is C35H46O3. The average Bonchev–Trinajstić information content (AvgIpc) is 2.91. The van der Waals surface area contributed by atoms with Crippen molar-refractivity contribution in [3.8, 4) is 11.5 Å². The molecule has 0 amide bonds. The molecule has 204 valence electrons. The Kier molecular flexibility index (Phi) is 11.5. The molecule has 0 spiro atoms. The third-order valence-electron chi connectivity index (χ3n) is 8.05. The first-order chi connectivity index (χ1) is 18.3. The van der Waals surface area contributed by atoms with Gasteiger partial charge in [-0.25, -0.2) is 0 Å². The van der Waals surface area contributed by atoms with Crippen molar-refractivity contribution < 1.29 is 14.6 Å². The van der Waals surface area contributed by atoms with Crippen LogP contribution in [0.3, 0.4) is 0 Å². The number of carbonyl (C=O) groups excluding carboxylic acids is 1. The van der Waals surface area contributed by atoms with Gasteiger partial charge in [0, 0.05) is 12.3 Å². The summed E-state index contributed by atoms with van der Waals surface area (Å²) in [5.74, 6) is 1.76. The lowest BCUT2D eigenvalue weighted by Gasteiger charge is -2.37. The summed E-state index contributed by atoms with van der Waals surface area (Å²) in [4.78, 5) is 13.6. The zero-order valence-corrected chi connectivity index (χ0v) is 24.0. The van der Waals surface area contributed by atoms with E-state index in [1.54, 1.807) is 13.2 Å². The molecule has 0 heterocycles. The van der Waals surface area contributed by atoms with Crippen LogP contribution in [0.4, 0.5) is 0 Å². The second-order valence-electron chi connectivity index (χ2n) is 11.2. The monoisotopic (exact) mass is 514 g/mol. The molecule has 38 heavy (non-hydrogen) atoms. The zero-order chi connectivity index (χ0) is 27.5. The fourth-order valence-corrected chi connectivity index (χ4v) is 5.72. The Morgan fingerprint density at radius 3 is 2.47 bits per heavy atom. The van der Waals surface area contributed by atoms with Crippen LogP contribution in [0.2, 0.25) is 0 Å². The number of phenols is 1. The molecule has 0 aliphatic heterocycles. The minimum Gasteiger partial charge on any atom is -0.504 e. The largest absolute Gasteiger partial charge is 0.504 e. The zero-order valence-electron chi connectivity index (χ0n) is 24.0.